The summed E-state index contributed by atoms with van der Waals surface area (Å²) in [6, 6.07) is 0. The molecule has 1 aromatic heterocycles. The summed E-state index contributed by atoms with van der Waals surface area (Å²) in [5.74, 6) is 0.378. The third kappa shape index (κ3) is 1.79. The first-order valence-corrected chi connectivity index (χ1v) is 4.01. The van der Waals surface area contributed by atoms with Gasteiger partial charge in [-0.3, -0.25) is 0 Å². The summed E-state index contributed by atoms with van der Waals surface area (Å²) in [4.78, 5) is 3.83. The van der Waals surface area contributed by atoms with E-state index < -0.39 is 6.17 Å². The van der Waals surface area contributed by atoms with Crippen LogP contribution in [0, 0.1) is 0 Å². The zero-order valence-corrected chi connectivity index (χ0v) is 7.07. The molecule has 0 aliphatic heterocycles. The Hall–Kier alpha value is -0.970. The average molecular weight is 172 g/mol. The van der Waals surface area contributed by atoms with Gasteiger partial charge >= 0.3 is 0 Å². The number of rotatable bonds is 4. The molecule has 1 atom stereocenters. The van der Waals surface area contributed by atoms with Crippen molar-refractivity contribution in [1.82, 2.24) is 14.8 Å². The molecule has 0 aliphatic carbocycles. The number of halogens is 1. The summed E-state index contributed by atoms with van der Waals surface area (Å²) in [6.07, 6.45) is 0.582. The van der Waals surface area contributed by atoms with Gasteiger partial charge in [-0.2, -0.15) is 5.10 Å². The predicted octanol–water partition coefficient (Wildman–Crippen LogP) is 0.657. The van der Waals surface area contributed by atoms with Crippen molar-refractivity contribution in [3.63, 3.8) is 0 Å². The Labute approximate surface area is 70.6 Å². The van der Waals surface area contributed by atoms with Crippen LogP contribution >= 0.6 is 0 Å². The molecule has 0 bridgehead atoms. The maximum Gasteiger partial charge on any atom is 0.161 e. The van der Waals surface area contributed by atoms with E-state index in [1.807, 2.05) is 6.92 Å². The molecule has 0 saturated carbocycles. The largest absolute Gasteiger partial charge is 0.330 e. The maximum absolute atomic E-state index is 13.2. The predicted molar refractivity (Wildman–Crippen MR) is 43.2 cm³/mol. The molecule has 1 rings (SSSR count). The van der Waals surface area contributed by atoms with Crippen LogP contribution in [0.5, 0.6) is 0 Å². The molecule has 4 nitrogen and oxygen atoms in total. The minimum absolute atomic E-state index is 0.304. The molecule has 12 heavy (non-hydrogen) atoms. The second-order valence-corrected chi connectivity index (χ2v) is 2.48. The van der Waals surface area contributed by atoms with Gasteiger partial charge < -0.3 is 5.73 Å². The van der Waals surface area contributed by atoms with Gasteiger partial charge in [-0.1, -0.05) is 0 Å². The molecule has 0 fully saturated rings. The monoisotopic (exact) mass is 172 g/mol. The van der Waals surface area contributed by atoms with E-state index >= 15 is 0 Å². The molecule has 0 aliphatic rings. The molecular weight excluding hydrogens is 159 g/mol. The molecule has 0 saturated heterocycles. The summed E-state index contributed by atoms with van der Waals surface area (Å²) in [7, 11) is 0. The number of nitrogens with two attached hydrogens (primary N) is 1. The molecule has 68 valence electrons. The van der Waals surface area contributed by atoms with E-state index in [-0.39, 0.29) is 0 Å². The van der Waals surface area contributed by atoms with E-state index in [9.17, 15) is 4.39 Å². The minimum atomic E-state index is -1.09. The van der Waals surface area contributed by atoms with Crippen LogP contribution in [0.25, 0.3) is 0 Å². The first-order valence-electron chi connectivity index (χ1n) is 4.01. The van der Waals surface area contributed by atoms with Crippen molar-refractivity contribution in [2.24, 2.45) is 5.73 Å². The Morgan fingerprint density at radius 3 is 3.08 bits per heavy atom. The van der Waals surface area contributed by atoms with Crippen LogP contribution in [0.3, 0.4) is 0 Å². The number of hydrogen-bond acceptors (Lipinski definition) is 3. The van der Waals surface area contributed by atoms with Crippen LogP contribution in [0.2, 0.25) is 0 Å². The SMILES string of the molecule is CCn1ncnc1C(F)CCN. The maximum atomic E-state index is 13.2. The highest BCUT2D eigenvalue weighted by Gasteiger charge is 2.14. The number of alkyl halides is 1. The lowest BCUT2D eigenvalue weighted by molar-refractivity contribution is 0.299. The first kappa shape index (κ1) is 9.12. The molecule has 2 N–H and O–H groups in total. The Bertz CT molecular complexity index is 235. The highest BCUT2D eigenvalue weighted by atomic mass is 19.1. The summed E-state index contributed by atoms with van der Waals surface area (Å²) in [5.41, 5.74) is 5.23. The Morgan fingerprint density at radius 2 is 2.50 bits per heavy atom. The van der Waals surface area contributed by atoms with E-state index in [1.165, 1.54) is 6.33 Å². The minimum Gasteiger partial charge on any atom is -0.330 e. The molecule has 1 heterocycles. The second-order valence-electron chi connectivity index (χ2n) is 2.48. The molecule has 1 unspecified atom stereocenters. The van der Waals surface area contributed by atoms with Gasteiger partial charge in [-0.15, -0.1) is 0 Å². The third-order valence-electron chi connectivity index (χ3n) is 1.65. The van der Waals surface area contributed by atoms with Gasteiger partial charge in [0.1, 0.15) is 6.33 Å². The fraction of sp³-hybridized carbons (Fsp3) is 0.714. The summed E-state index contributed by atoms with van der Waals surface area (Å²) >= 11 is 0. The smallest absolute Gasteiger partial charge is 0.161 e. The zero-order valence-electron chi connectivity index (χ0n) is 7.07. The Kier molecular flexibility index (Phi) is 3.16. The molecule has 0 radical (unpaired) electrons. The Morgan fingerprint density at radius 1 is 1.75 bits per heavy atom. The normalized spacial score (nSPS) is 13.2. The highest BCUT2D eigenvalue weighted by molar-refractivity contribution is 4.90. The molecule has 0 aromatic carbocycles. The van der Waals surface area contributed by atoms with Crippen LogP contribution in [-0.4, -0.2) is 21.3 Å². The quantitative estimate of drug-likeness (QED) is 0.725. The fourth-order valence-electron chi connectivity index (χ4n) is 1.03. The second kappa shape index (κ2) is 4.15. The zero-order chi connectivity index (χ0) is 8.97. The summed E-state index contributed by atoms with van der Waals surface area (Å²) in [6.45, 7) is 2.87. The number of aryl methyl sites for hydroxylation is 1. The van der Waals surface area contributed by atoms with E-state index in [1.54, 1.807) is 4.68 Å². The molecule has 5 heteroatoms. The molecule has 0 amide bonds. The van der Waals surface area contributed by atoms with E-state index in [4.69, 9.17) is 5.73 Å². The van der Waals surface area contributed by atoms with Crippen molar-refractivity contribution in [3.8, 4) is 0 Å². The Balaban J connectivity index is 2.71. The van der Waals surface area contributed by atoms with E-state index in [2.05, 4.69) is 10.1 Å². The standard InChI is InChI=1S/C7H13FN4/c1-2-12-7(10-5-11-12)6(8)3-4-9/h5-6H,2-4,9H2,1H3. The lowest BCUT2D eigenvalue weighted by Gasteiger charge is -2.06. The van der Waals surface area contributed by atoms with Crippen molar-refractivity contribution >= 4 is 0 Å². The average Bonchev–Trinajstić information content (AvgIpc) is 2.51. The molecular formula is C7H13FN4. The van der Waals surface area contributed by atoms with Crippen LogP contribution in [0.1, 0.15) is 25.3 Å². The molecule has 0 spiro atoms. The number of aromatic nitrogens is 3. The number of nitrogens with zero attached hydrogens (tertiary/aromatic N) is 3. The van der Waals surface area contributed by atoms with Crippen molar-refractivity contribution in [1.29, 1.82) is 0 Å². The van der Waals surface area contributed by atoms with Crippen molar-refractivity contribution in [2.45, 2.75) is 26.1 Å². The van der Waals surface area contributed by atoms with Gasteiger partial charge in [0.05, 0.1) is 0 Å². The van der Waals surface area contributed by atoms with Crippen LogP contribution < -0.4 is 5.73 Å². The van der Waals surface area contributed by atoms with E-state index in [0.717, 1.165) is 0 Å². The summed E-state index contributed by atoms with van der Waals surface area (Å²) < 4.78 is 14.8. The van der Waals surface area contributed by atoms with Crippen molar-refractivity contribution in [3.05, 3.63) is 12.2 Å². The molecule has 1 aromatic rings. The van der Waals surface area contributed by atoms with Gasteiger partial charge in [-0.05, 0) is 19.9 Å². The highest BCUT2D eigenvalue weighted by Crippen LogP contribution is 2.17. The third-order valence-corrected chi connectivity index (χ3v) is 1.65. The first-order chi connectivity index (χ1) is 5.79. The van der Waals surface area contributed by atoms with Gasteiger partial charge in [0.15, 0.2) is 12.0 Å². The van der Waals surface area contributed by atoms with E-state index in [0.29, 0.717) is 25.3 Å². The lowest BCUT2D eigenvalue weighted by Crippen LogP contribution is -2.10. The lowest BCUT2D eigenvalue weighted by atomic mass is 10.2. The summed E-state index contributed by atoms with van der Waals surface area (Å²) in [5, 5.41) is 3.86. The van der Waals surface area contributed by atoms with Gasteiger partial charge in [0, 0.05) is 6.54 Å². The topological polar surface area (TPSA) is 56.7 Å². The van der Waals surface area contributed by atoms with Crippen molar-refractivity contribution < 1.29 is 4.39 Å². The fourth-order valence-corrected chi connectivity index (χ4v) is 1.03. The van der Waals surface area contributed by atoms with Crippen LogP contribution in [0.15, 0.2) is 6.33 Å². The van der Waals surface area contributed by atoms with Crippen LogP contribution in [0.4, 0.5) is 4.39 Å². The van der Waals surface area contributed by atoms with Gasteiger partial charge in [0.2, 0.25) is 0 Å². The number of hydrogen-bond donors (Lipinski definition) is 1. The van der Waals surface area contributed by atoms with Gasteiger partial charge in [-0.25, -0.2) is 14.1 Å². The van der Waals surface area contributed by atoms with Crippen molar-refractivity contribution in [2.75, 3.05) is 6.54 Å². The van der Waals surface area contributed by atoms with Crippen LogP contribution in [-0.2, 0) is 6.54 Å². The van der Waals surface area contributed by atoms with Gasteiger partial charge in [0.25, 0.3) is 0 Å².